The molecule has 1 aromatic rings. The minimum absolute atomic E-state index is 0.0562. The minimum Gasteiger partial charge on any atom is -0.508 e. The molecule has 158 valence electrons. The average Bonchev–Trinajstić information content (AvgIpc) is 3.16. The highest BCUT2D eigenvalue weighted by Crippen LogP contribution is 2.19. The number of nitrogens with one attached hydrogen (secondary N) is 2. The molecule has 29 heavy (non-hydrogen) atoms. The topological polar surface area (TPSA) is 162 Å². The van der Waals surface area contributed by atoms with Gasteiger partial charge in [0, 0.05) is 13.0 Å². The Morgan fingerprint density at radius 1 is 1.24 bits per heavy atom. The summed E-state index contributed by atoms with van der Waals surface area (Å²) in [7, 11) is 0. The van der Waals surface area contributed by atoms with Crippen molar-refractivity contribution in [1.82, 2.24) is 15.5 Å². The summed E-state index contributed by atoms with van der Waals surface area (Å²) in [5.41, 5.74) is 6.31. The number of benzene rings is 1. The van der Waals surface area contributed by atoms with E-state index in [1.54, 1.807) is 19.1 Å². The fraction of sp³-hybridized carbons (Fsp3) is 0.474. The monoisotopic (exact) mass is 406 g/mol. The van der Waals surface area contributed by atoms with E-state index in [2.05, 4.69) is 10.6 Å². The van der Waals surface area contributed by atoms with Crippen molar-refractivity contribution in [2.24, 2.45) is 5.73 Å². The number of nitrogens with two attached hydrogens (primary N) is 1. The smallest absolute Gasteiger partial charge is 0.322 e. The van der Waals surface area contributed by atoms with Gasteiger partial charge in [0.25, 0.3) is 0 Å². The Kier molecular flexibility index (Phi) is 7.54. The standard InChI is InChI=1S/C19H26N4O6/c1-11(20)19(29)23-8-2-3-15(23)18(28)22-14(17(27)21-10-16(25)26)9-12-4-6-13(24)7-5-12/h4-7,11,14-15,24H,2-3,8-10,20H2,1H3,(H,21,27)(H,22,28)(H,25,26). The summed E-state index contributed by atoms with van der Waals surface area (Å²) in [6, 6.07) is 3.57. The van der Waals surface area contributed by atoms with Gasteiger partial charge in [-0.3, -0.25) is 19.2 Å². The van der Waals surface area contributed by atoms with E-state index in [0.717, 1.165) is 0 Å². The molecule has 3 amide bonds. The van der Waals surface area contributed by atoms with Crippen molar-refractivity contribution in [2.45, 2.75) is 44.3 Å². The molecule has 6 N–H and O–H groups in total. The number of phenolic OH excluding ortho intramolecular Hbond substituents is 1. The Bertz CT molecular complexity index is 764. The number of hydrogen-bond acceptors (Lipinski definition) is 6. The first-order chi connectivity index (χ1) is 13.7. The molecule has 10 nitrogen and oxygen atoms in total. The highest BCUT2D eigenvalue weighted by molar-refractivity contribution is 5.94. The van der Waals surface area contributed by atoms with Crippen molar-refractivity contribution < 1.29 is 29.4 Å². The van der Waals surface area contributed by atoms with E-state index < -0.39 is 42.5 Å². The van der Waals surface area contributed by atoms with Gasteiger partial charge in [-0.25, -0.2) is 0 Å². The van der Waals surface area contributed by atoms with Crippen LogP contribution in [0.4, 0.5) is 0 Å². The largest absolute Gasteiger partial charge is 0.508 e. The summed E-state index contributed by atoms with van der Waals surface area (Å²) in [4.78, 5) is 49.6. The molecule has 2 rings (SSSR count). The van der Waals surface area contributed by atoms with E-state index in [0.29, 0.717) is 24.9 Å². The molecule has 1 heterocycles. The molecule has 3 unspecified atom stereocenters. The Hall–Kier alpha value is -3.14. The molecule has 1 saturated heterocycles. The minimum atomic E-state index is -1.21. The van der Waals surface area contributed by atoms with Crippen LogP contribution in [0.15, 0.2) is 24.3 Å². The third-order valence-electron chi connectivity index (χ3n) is 4.65. The molecule has 0 radical (unpaired) electrons. The summed E-state index contributed by atoms with van der Waals surface area (Å²) >= 11 is 0. The maximum Gasteiger partial charge on any atom is 0.322 e. The van der Waals surface area contributed by atoms with Gasteiger partial charge in [-0.05, 0) is 37.5 Å². The Morgan fingerprint density at radius 2 is 1.90 bits per heavy atom. The van der Waals surface area contributed by atoms with Gasteiger partial charge in [0.2, 0.25) is 17.7 Å². The second-order valence-electron chi connectivity index (χ2n) is 7.02. The number of carbonyl (C=O) groups excluding carboxylic acids is 3. The van der Waals surface area contributed by atoms with E-state index >= 15 is 0 Å². The molecule has 1 aromatic carbocycles. The molecule has 10 heteroatoms. The first-order valence-corrected chi connectivity index (χ1v) is 9.33. The zero-order valence-electron chi connectivity index (χ0n) is 16.1. The number of hydrogen-bond donors (Lipinski definition) is 5. The number of carboxylic acid groups (broad SMARTS) is 1. The molecule has 0 bridgehead atoms. The van der Waals surface area contributed by atoms with E-state index in [-0.39, 0.29) is 18.1 Å². The number of carbonyl (C=O) groups is 4. The molecule has 0 aliphatic carbocycles. The van der Waals surface area contributed by atoms with Gasteiger partial charge in [0.15, 0.2) is 0 Å². The zero-order valence-corrected chi connectivity index (χ0v) is 16.1. The number of aromatic hydroxyl groups is 1. The maximum atomic E-state index is 12.8. The Balaban J connectivity index is 2.13. The van der Waals surface area contributed by atoms with Crippen molar-refractivity contribution >= 4 is 23.7 Å². The van der Waals surface area contributed by atoms with Crippen LogP contribution in [0.3, 0.4) is 0 Å². The van der Waals surface area contributed by atoms with Crippen LogP contribution in [0.25, 0.3) is 0 Å². The highest BCUT2D eigenvalue weighted by Gasteiger charge is 2.36. The molecule has 3 atom stereocenters. The second kappa shape index (κ2) is 9.87. The molecule has 1 aliphatic rings. The normalized spacial score (nSPS) is 18.0. The quantitative estimate of drug-likeness (QED) is 0.368. The molecule has 0 aromatic heterocycles. The lowest BCUT2D eigenvalue weighted by molar-refractivity contribution is -0.140. The zero-order chi connectivity index (χ0) is 21.6. The van der Waals surface area contributed by atoms with E-state index in [1.807, 2.05) is 0 Å². The van der Waals surface area contributed by atoms with Crippen LogP contribution in [0, 0.1) is 0 Å². The van der Waals surface area contributed by atoms with Crippen molar-refractivity contribution in [1.29, 1.82) is 0 Å². The molecule has 1 aliphatic heterocycles. The molecule has 1 fully saturated rings. The predicted molar refractivity (Wildman–Crippen MR) is 103 cm³/mol. The van der Waals surface area contributed by atoms with Gasteiger partial charge in [-0.15, -0.1) is 0 Å². The summed E-state index contributed by atoms with van der Waals surface area (Å²) in [5.74, 6) is -2.64. The second-order valence-corrected chi connectivity index (χ2v) is 7.02. The van der Waals surface area contributed by atoms with E-state index in [4.69, 9.17) is 10.8 Å². The van der Waals surface area contributed by atoms with Crippen LogP contribution in [0.2, 0.25) is 0 Å². The van der Waals surface area contributed by atoms with Gasteiger partial charge in [0.1, 0.15) is 24.4 Å². The molecular weight excluding hydrogens is 380 g/mol. The number of nitrogens with zero attached hydrogens (tertiary/aromatic N) is 1. The molecular formula is C19H26N4O6. The average molecular weight is 406 g/mol. The van der Waals surface area contributed by atoms with E-state index in [1.165, 1.54) is 17.0 Å². The first kappa shape index (κ1) is 22.2. The van der Waals surface area contributed by atoms with Crippen LogP contribution < -0.4 is 16.4 Å². The lowest BCUT2D eigenvalue weighted by atomic mass is 10.0. The van der Waals surface area contributed by atoms with Gasteiger partial charge in [-0.1, -0.05) is 12.1 Å². The summed E-state index contributed by atoms with van der Waals surface area (Å²) < 4.78 is 0. The van der Waals surface area contributed by atoms with Gasteiger partial charge in [-0.2, -0.15) is 0 Å². The first-order valence-electron chi connectivity index (χ1n) is 9.33. The highest BCUT2D eigenvalue weighted by atomic mass is 16.4. The van der Waals surface area contributed by atoms with Crippen LogP contribution >= 0.6 is 0 Å². The third-order valence-corrected chi connectivity index (χ3v) is 4.65. The van der Waals surface area contributed by atoms with Crippen LogP contribution in [0.1, 0.15) is 25.3 Å². The van der Waals surface area contributed by atoms with Crippen molar-refractivity contribution in [3.63, 3.8) is 0 Å². The summed E-state index contributed by atoms with van der Waals surface area (Å²) in [6.45, 7) is 1.37. The van der Waals surface area contributed by atoms with Crippen LogP contribution in [-0.4, -0.2) is 70.0 Å². The lowest BCUT2D eigenvalue weighted by Gasteiger charge is -2.27. The summed E-state index contributed by atoms with van der Waals surface area (Å²) in [6.07, 6.45) is 1.18. The van der Waals surface area contributed by atoms with Gasteiger partial charge < -0.3 is 31.5 Å². The van der Waals surface area contributed by atoms with Crippen molar-refractivity contribution in [3.05, 3.63) is 29.8 Å². The number of likely N-dealkylation sites (tertiary alicyclic amines) is 1. The fourth-order valence-electron chi connectivity index (χ4n) is 3.20. The lowest BCUT2D eigenvalue weighted by Crippen LogP contribution is -2.55. The third kappa shape index (κ3) is 6.18. The number of carboxylic acids is 1. The number of phenols is 1. The fourth-order valence-corrected chi connectivity index (χ4v) is 3.20. The Morgan fingerprint density at radius 3 is 2.48 bits per heavy atom. The SMILES string of the molecule is CC(N)C(=O)N1CCCC1C(=O)NC(Cc1ccc(O)cc1)C(=O)NCC(=O)O. The molecule has 0 spiro atoms. The van der Waals surface area contributed by atoms with Crippen LogP contribution in [-0.2, 0) is 25.6 Å². The van der Waals surface area contributed by atoms with Gasteiger partial charge in [0.05, 0.1) is 6.04 Å². The van der Waals surface area contributed by atoms with Crippen molar-refractivity contribution in [3.8, 4) is 5.75 Å². The van der Waals surface area contributed by atoms with Crippen LogP contribution in [0.5, 0.6) is 5.75 Å². The molecule has 0 saturated carbocycles. The predicted octanol–water partition coefficient (Wildman–Crippen LogP) is -1.04. The van der Waals surface area contributed by atoms with Gasteiger partial charge >= 0.3 is 5.97 Å². The maximum absolute atomic E-state index is 12.8. The van der Waals surface area contributed by atoms with Crippen molar-refractivity contribution in [2.75, 3.05) is 13.1 Å². The number of rotatable bonds is 8. The summed E-state index contributed by atoms with van der Waals surface area (Å²) in [5, 5.41) is 23.1. The van der Waals surface area contributed by atoms with E-state index in [9.17, 15) is 24.3 Å². The number of amides is 3. The Labute approximate surface area is 168 Å². The number of aliphatic carboxylic acids is 1.